The van der Waals surface area contributed by atoms with Gasteiger partial charge < -0.3 is 19.9 Å². The molecule has 7 heteroatoms. The normalized spacial score (nSPS) is 19.1. The molecule has 1 aliphatic heterocycles. The quantitative estimate of drug-likeness (QED) is 0.617. The first-order chi connectivity index (χ1) is 13.4. The topological polar surface area (TPSA) is 53.3 Å². The van der Waals surface area contributed by atoms with E-state index in [2.05, 4.69) is 34.8 Å². The van der Waals surface area contributed by atoms with Crippen molar-refractivity contribution in [3.05, 3.63) is 76.3 Å². The molecule has 1 aliphatic rings. The summed E-state index contributed by atoms with van der Waals surface area (Å²) in [6.07, 6.45) is 1.78. The summed E-state index contributed by atoms with van der Waals surface area (Å²) in [7, 11) is 2.05. The molecule has 144 valence electrons. The fraction of sp³-hybridized carbons (Fsp3) is 0.238. The first-order valence-electron chi connectivity index (χ1n) is 9.00. The van der Waals surface area contributed by atoms with Crippen molar-refractivity contribution in [3.63, 3.8) is 0 Å². The Morgan fingerprint density at radius 1 is 1.18 bits per heavy atom. The molecule has 1 aromatic carbocycles. The van der Waals surface area contributed by atoms with E-state index in [4.69, 9.17) is 23.8 Å². The smallest absolute Gasteiger partial charge is 0.174 e. The number of anilines is 1. The zero-order valence-electron chi connectivity index (χ0n) is 15.8. The van der Waals surface area contributed by atoms with E-state index in [9.17, 15) is 5.11 Å². The van der Waals surface area contributed by atoms with Crippen molar-refractivity contribution in [1.82, 2.24) is 14.9 Å². The Kier molecular flexibility index (Phi) is 4.77. The highest BCUT2D eigenvalue weighted by molar-refractivity contribution is 7.80. The maximum atomic E-state index is 10.6. The summed E-state index contributed by atoms with van der Waals surface area (Å²) in [6.45, 7) is 4.17. The summed E-state index contributed by atoms with van der Waals surface area (Å²) in [5, 5.41) is 15.0. The number of phenols is 1. The fourth-order valence-electron chi connectivity index (χ4n) is 3.80. The largest absolute Gasteiger partial charge is 0.506 e. The molecule has 0 unspecified atom stereocenters. The number of aryl methyl sites for hydroxylation is 1. The number of benzene rings is 1. The Hall–Kier alpha value is -2.57. The number of nitrogens with one attached hydrogen (secondary N) is 1. The second kappa shape index (κ2) is 7.11. The van der Waals surface area contributed by atoms with E-state index in [0.717, 1.165) is 22.6 Å². The van der Waals surface area contributed by atoms with Crippen LogP contribution in [0.15, 0.2) is 48.7 Å². The minimum absolute atomic E-state index is 0.130. The third kappa shape index (κ3) is 3.02. The third-order valence-corrected chi connectivity index (χ3v) is 5.98. The highest BCUT2D eigenvalue weighted by Gasteiger charge is 2.42. The van der Waals surface area contributed by atoms with Crippen LogP contribution in [0.3, 0.4) is 0 Å². The summed E-state index contributed by atoms with van der Waals surface area (Å²) in [6, 6.07) is 12.7. The maximum absolute atomic E-state index is 10.6. The molecule has 4 rings (SSSR count). The minimum Gasteiger partial charge on any atom is -0.506 e. The number of nitrogens with zero attached hydrogens (tertiary/aromatic N) is 3. The molecule has 5 nitrogen and oxygen atoms in total. The number of thiocarbonyl (C=S) groups is 1. The predicted octanol–water partition coefficient (Wildman–Crippen LogP) is 4.57. The van der Waals surface area contributed by atoms with Crippen LogP contribution >= 0.6 is 23.8 Å². The number of aromatic hydroxyl groups is 1. The van der Waals surface area contributed by atoms with Gasteiger partial charge in [0.15, 0.2) is 5.11 Å². The van der Waals surface area contributed by atoms with Crippen molar-refractivity contribution < 1.29 is 5.11 Å². The lowest BCUT2D eigenvalue weighted by molar-refractivity contribution is 0.472. The number of phenolic OH excluding ortho intramolecular Hbond substituents is 1. The SMILES string of the molecule is Cc1cc([C@@H]2[C@@H](c3ccccn3)NC(=S)N2c2cc(Cl)ccc2O)c(C)n1C. The van der Waals surface area contributed by atoms with Gasteiger partial charge in [-0.2, -0.15) is 0 Å². The van der Waals surface area contributed by atoms with Crippen LogP contribution in [0.2, 0.25) is 5.02 Å². The molecule has 0 radical (unpaired) electrons. The first-order valence-corrected chi connectivity index (χ1v) is 9.79. The molecule has 0 bridgehead atoms. The van der Waals surface area contributed by atoms with Crippen LogP contribution in [-0.4, -0.2) is 19.8 Å². The van der Waals surface area contributed by atoms with Gasteiger partial charge in [0.25, 0.3) is 0 Å². The van der Waals surface area contributed by atoms with Crippen molar-refractivity contribution in [2.75, 3.05) is 4.90 Å². The van der Waals surface area contributed by atoms with E-state index in [-0.39, 0.29) is 17.8 Å². The molecule has 2 aromatic heterocycles. The van der Waals surface area contributed by atoms with Gasteiger partial charge in [0.05, 0.1) is 23.5 Å². The number of pyridine rings is 1. The molecule has 1 saturated heterocycles. The molecule has 3 aromatic rings. The Labute approximate surface area is 174 Å². The molecule has 0 saturated carbocycles. The second-order valence-corrected chi connectivity index (χ2v) is 7.84. The van der Waals surface area contributed by atoms with E-state index in [1.807, 2.05) is 30.1 Å². The molecule has 2 atom stereocenters. The molecule has 0 aliphatic carbocycles. The first kappa shape index (κ1) is 18.8. The van der Waals surface area contributed by atoms with Gasteiger partial charge in [-0.3, -0.25) is 4.98 Å². The van der Waals surface area contributed by atoms with Gasteiger partial charge in [-0.25, -0.2) is 0 Å². The summed E-state index contributed by atoms with van der Waals surface area (Å²) in [5.41, 5.74) is 4.89. The van der Waals surface area contributed by atoms with Gasteiger partial charge in [-0.1, -0.05) is 17.7 Å². The summed E-state index contributed by atoms with van der Waals surface area (Å²) in [4.78, 5) is 6.50. The van der Waals surface area contributed by atoms with Gasteiger partial charge >= 0.3 is 0 Å². The standard InChI is InChI=1S/C21H21ClN4OS/c1-12-10-15(13(2)25(12)3)20-19(16-6-4-5-9-23-16)24-21(28)26(20)17-11-14(22)7-8-18(17)27/h4-11,19-20,27H,1-3H3,(H,24,28)/t19-,20-/m1/s1. The number of hydrogen-bond donors (Lipinski definition) is 2. The van der Waals surface area contributed by atoms with Crippen molar-refractivity contribution in [2.45, 2.75) is 25.9 Å². The molecule has 2 N–H and O–H groups in total. The molecule has 28 heavy (non-hydrogen) atoms. The zero-order chi connectivity index (χ0) is 20.0. The van der Waals surface area contributed by atoms with Crippen molar-refractivity contribution in [1.29, 1.82) is 0 Å². The lowest BCUT2D eigenvalue weighted by atomic mass is 9.96. The van der Waals surface area contributed by atoms with Crippen molar-refractivity contribution in [3.8, 4) is 5.75 Å². The molecule has 3 heterocycles. The van der Waals surface area contributed by atoms with Gasteiger partial charge in [-0.05, 0) is 68.0 Å². The van der Waals surface area contributed by atoms with E-state index >= 15 is 0 Å². The van der Waals surface area contributed by atoms with Gasteiger partial charge in [0.1, 0.15) is 5.75 Å². The molecular formula is C21H21ClN4OS. The Bertz CT molecular complexity index is 1050. The van der Waals surface area contributed by atoms with Gasteiger partial charge in [0.2, 0.25) is 0 Å². The highest BCUT2D eigenvalue weighted by atomic mass is 35.5. The third-order valence-electron chi connectivity index (χ3n) is 5.43. The number of halogens is 1. The van der Waals surface area contributed by atoms with Gasteiger partial charge in [0, 0.05) is 29.7 Å². The van der Waals surface area contributed by atoms with E-state index in [1.165, 1.54) is 0 Å². The van der Waals surface area contributed by atoms with E-state index < -0.39 is 0 Å². The Morgan fingerprint density at radius 3 is 2.61 bits per heavy atom. The van der Waals surface area contributed by atoms with Crippen LogP contribution < -0.4 is 10.2 Å². The van der Waals surface area contributed by atoms with Crippen LogP contribution in [-0.2, 0) is 7.05 Å². The van der Waals surface area contributed by atoms with Crippen LogP contribution in [0.5, 0.6) is 5.75 Å². The molecule has 1 fully saturated rings. The number of hydrogen-bond acceptors (Lipinski definition) is 3. The molecule has 0 spiro atoms. The monoisotopic (exact) mass is 412 g/mol. The van der Waals surface area contributed by atoms with Crippen LogP contribution in [0.4, 0.5) is 5.69 Å². The summed E-state index contributed by atoms with van der Waals surface area (Å²) >= 11 is 11.9. The lowest BCUT2D eigenvalue weighted by Gasteiger charge is -2.28. The maximum Gasteiger partial charge on any atom is 0.174 e. The lowest BCUT2D eigenvalue weighted by Crippen LogP contribution is -2.29. The van der Waals surface area contributed by atoms with E-state index in [1.54, 1.807) is 24.4 Å². The minimum atomic E-state index is -0.174. The molecular weight excluding hydrogens is 392 g/mol. The van der Waals surface area contributed by atoms with Crippen LogP contribution in [0.1, 0.15) is 34.7 Å². The Balaban J connectivity index is 1.92. The Morgan fingerprint density at radius 2 is 1.96 bits per heavy atom. The van der Waals surface area contributed by atoms with Gasteiger partial charge in [-0.15, -0.1) is 0 Å². The molecule has 0 amide bonds. The zero-order valence-corrected chi connectivity index (χ0v) is 17.4. The average molecular weight is 413 g/mol. The highest BCUT2D eigenvalue weighted by Crippen LogP contribution is 2.46. The second-order valence-electron chi connectivity index (χ2n) is 7.02. The van der Waals surface area contributed by atoms with Crippen molar-refractivity contribution in [2.24, 2.45) is 7.05 Å². The predicted molar refractivity (Wildman–Crippen MR) is 116 cm³/mol. The summed E-state index contributed by atoms with van der Waals surface area (Å²) in [5.74, 6) is 0.130. The average Bonchev–Trinajstić information content (AvgIpc) is 3.15. The summed E-state index contributed by atoms with van der Waals surface area (Å²) < 4.78 is 2.15. The van der Waals surface area contributed by atoms with Crippen LogP contribution in [0, 0.1) is 13.8 Å². The fourth-order valence-corrected chi connectivity index (χ4v) is 4.31. The van der Waals surface area contributed by atoms with Crippen LogP contribution in [0.25, 0.3) is 0 Å². The van der Waals surface area contributed by atoms with E-state index in [0.29, 0.717) is 15.8 Å². The van der Waals surface area contributed by atoms with Crippen molar-refractivity contribution >= 4 is 34.6 Å². The number of rotatable bonds is 3. The number of aromatic nitrogens is 2.